The van der Waals surface area contributed by atoms with Crippen molar-refractivity contribution in [3.05, 3.63) is 59.4 Å². The molecule has 2 aliphatic rings. The van der Waals surface area contributed by atoms with E-state index in [1.807, 2.05) is 37.3 Å². The zero-order chi connectivity index (χ0) is 22.7. The first-order valence-corrected chi connectivity index (χ1v) is 10.8. The van der Waals surface area contributed by atoms with Crippen molar-refractivity contribution in [2.24, 2.45) is 5.10 Å². The maximum absolute atomic E-state index is 13.9. The van der Waals surface area contributed by atoms with E-state index in [0.29, 0.717) is 50.5 Å². The van der Waals surface area contributed by atoms with Gasteiger partial charge in [-0.2, -0.15) is 5.10 Å². The Balaban J connectivity index is 1.38. The van der Waals surface area contributed by atoms with Gasteiger partial charge < -0.3 is 9.64 Å². The van der Waals surface area contributed by atoms with Crippen LogP contribution in [-0.2, 0) is 16.1 Å². The predicted molar refractivity (Wildman–Crippen MR) is 120 cm³/mol. The quantitative estimate of drug-likeness (QED) is 0.720. The summed E-state index contributed by atoms with van der Waals surface area (Å²) in [7, 11) is 1.45. The van der Waals surface area contributed by atoms with Crippen LogP contribution in [-0.4, -0.2) is 60.6 Å². The number of carbonyl (C=O) groups excluding carboxylic acids is 2. The van der Waals surface area contributed by atoms with Gasteiger partial charge in [-0.3, -0.25) is 14.5 Å². The number of aryl methyl sites for hydroxylation is 1. The summed E-state index contributed by atoms with van der Waals surface area (Å²) in [4.78, 5) is 29.5. The maximum atomic E-state index is 13.9. The molecule has 1 saturated heterocycles. The lowest BCUT2D eigenvalue weighted by molar-refractivity contribution is -0.126. The van der Waals surface area contributed by atoms with Crippen LogP contribution in [0.3, 0.4) is 0 Å². The Morgan fingerprint density at radius 2 is 1.84 bits per heavy atom. The molecule has 2 aromatic rings. The van der Waals surface area contributed by atoms with Gasteiger partial charge in [0.05, 0.1) is 12.8 Å². The summed E-state index contributed by atoms with van der Waals surface area (Å²) in [6, 6.07) is 12.5. The number of benzene rings is 2. The Labute approximate surface area is 187 Å². The van der Waals surface area contributed by atoms with Crippen LogP contribution in [0, 0.1) is 12.7 Å². The fraction of sp³-hybridized carbons (Fsp3) is 0.375. The minimum Gasteiger partial charge on any atom is -0.494 e. The normalized spacial score (nSPS) is 17.3. The van der Waals surface area contributed by atoms with E-state index in [2.05, 4.69) is 10.0 Å². The van der Waals surface area contributed by atoms with E-state index < -0.39 is 0 Å². The molecule has 0 aromatic heterocycles. The number of nitrogens with zero attached hydrogens (tertiary/aromatic N) is 4. The number of hydrogen-bond donors (Lipinski definition) is 0. The number of piperazine rings is 1. The Hall–Kier alpha value is -3.26. The number of anilines is 1. The molecule has 0 saturated carbocycles. The van der Waals surface area contributed by atoms with Gasteiger partial charge in [-0.1, -0.05) is 24.3 Å². The lowest BCUT2D eigenvalue weighted by atomic mass is 10.1. The Bertz CT molecular complexity index is 1050. The summed E-state index contributed by atoms with van der Waals surface area (Å²) in [5.74, 6) is -0.365. The second kappa shape index (κ2) is 9.48. The van der Waals surface area contributed by atoms with Gasteiger partial charge in [-0.05, 0) is 36.2 Å². The number of hydrazone groups is 1. The van der Waals surface area contributed by atoms with Gasteiger partial charge in [0.15, 0.2) is 11.6 Å². The first kappa shape index (κ1) is 22.0. The number of carbonyl (C=O) groups is 2. The first-order chi connectivity index (χ1) is 15.5. The van der Waals surface area contributed by atoms with Crippen molar-refractivity contribution in [2.45, 2.75) is 26.3 Å². The average Bonchev–Trinajstić information content (AvgIpc) is 2.80. The molecule has 2 aliphatic heterocycles. The van der Waals surface area contributed by atoms with Gasteiger partial charge in [-0.15, -0.1) is 0 Å². The van der Waals surface area contributed by atoms with Crippen molar-refractivity contribution in [3.63, 3.8) is 0 Å². The second-order valence-electron chi connectivity index (χ2n) is 8.08. The largest absolute Gasteiger partial charge is 0.494 e. The van der Waals surface area contributed by atoms with Crippen LogP contribution in [0.5, 0.6) is 5.75 Å². The third-order valence-electron chi connectivity index (χ3n) is 5.91. The molecule has 0 N–H and O–H groups in total. The van der Waals surface area contributed by atoms with Gasteiger partial charge in [0, 0.05) is 45.6 Å². The molecule has 0 bridgehead atoms. The molecule has 0 atom stereocenters. The van der Waals surface area contributed by atoms with Gasteiger partial charge in [0.2, 0.25) is 5.91 Å². The van der Waals surface area contributed by atoms with E-state index in [1.54, 1.807) is 11.0 Å². The van der Waals surface area contributed by atoms with Gasteiger partial charge in [0.25, 0.3) is 5.91 Å². The van der Waals surface area contributed by atoms with Crippen LogP contribution in [0.1, 0.15) is 24.0 Å². The summed E-state index contributed by atoms with van der Waals surface area (Å²) in [6.45, 7) is 5.03. The minimum atomic E-state index is -0.373. The molecule has 0 spiro atoms. The van der Waals surface area contributed by atoms with E-state index in [1.165, 1.54) is 18.2 Å². The molecule has 0 radical (unpaired) electrons. The van der Waals surface area contributed by atoms with Crippen molar-refractivity contribution in [2.75, 3.05) is 38.3 Å². The highest BCUT2D eigenvalue weighted by atomic mass is 19.1. The van der Waals surface area contributed by atoms with Crippen LogP contribution < -0.4 is 9.75 Å². The zero-order valence-corrected chi connectivity index (χ0v) is 18.4. The minimum absolute atomic E-state index is 0.104. The maximum Gasteiger partial charge on any atom is 0.270 e. The van der Waals surface area contributed by atoms with E-state index >= 15 is 0 Å². The Morgan fingerprint density at radius 1 is 1.09 bits per heavy atom. The molecule has 2 aromatic carbocycles. The van der Waals surface area contributed by atoms with E-state index in [-0.39, 0.29) is 29.8 Å². The third-order valence-corrected chi connectivity index (χ3v) is 5.91. The monoisotopic (exact) mass is 438 g/mol. The number of hydrogen-bond acceptors (Lipinski definition) is 5. The molecule has 2 amide bonds. The van der Waals surface area contributed by atoms with Gasteiger partial charge in [-0.25, -0.2) is 9.40 Å². The molecular weight excluding hydrogens is 411 g/mol. The molecule has 2 heterocycles. The second-order valence-corrected chi connectivity index (χ2v) is 8.08. The summed E-state index contributed by atoms with van der Waals surface area (Å²) in [5, 5.41) is 5.79. The first-order valence-electron chi connectivity index (χ1n) is 10.8. The summed E-state index contributed by atoms with van der Waals surface area (Å²) >= 11 is 0. The molecule has 32 heavy (non-hydrogen) atoms. The highest BCUT2D eigenvalue weighted by Crippen LogP contribution is 2.24. The van der Waals surface area contributed by atoms with Crippen LogP contribution >= 0.6 is 0 Å². The summed E-state index contributed by atoms with van der Waals surface area (Å²) < 4.78 is 18.9. The Kier molecular flexibility index (Phi) is 6.50. The van der Waals surface area contributed by atoms with Crippen molar-refractivity contribution in [1.82, 2.24) is 9.80 Å². The predicted octanol–water partition coefficient (Wildman–Crippen LogP) is 2.97. The van der Waals surface area contributed by atoms with Crippen molar-refractivity contribution < 1.29 is 18.7 Å². The smallest absolute Gasteiger partial charge is 0.270 e. The van der Waals surface area contributed by atoms with Crippen LogP contribution in [0.2, 0.25) is 0 Å². The van der Waals surface area contributed by atoms with E-state index in [4.69, 9.17) is 4.74 Å². The molecule has 7 nitrogen and oxygen atoms in total. The van der Waals surface area contributed by atoms with E-state index in [9.17, 15) is 14.0 Å². The molecule has 168 valence electrons. The van der Waals surface area contributed by atoms with Crippen molar-refractivity contribution in [1.29, 1.82) is 0 Å². The topological polar surface area (TPSA) is 65.5 Å². The van der Waals surface area contributed by atoms with Crippen molar-refractivity contribution >= 4 is 23.2 Å². The third kappa shape index (κ3) is 4.65. The van der Waals surface area contributed by atoms with Gasteiger partial charge in [0.1, 0.15) is 5.71 Å². The zero-order valence-electron chi connectivity index (χ0n) is 18.4. The summed E-state index contributed by atoms with van der Waals surface area (Å²) in [5.41, 5.74) is 2.92. The molecule has 0 unspecified atom stereocenters. The molecular formula is C24H27FN4O3. The number of rotatable bonds is 5. The number of para-hydroxylation sites is 1. The highest BCUT2D eigenvalue weighted by Gasteiger charge is 2.30. The van der Waals surface area contributed by atoms with Crippen LogP contribution in [0.25, 0.3) is 0 Å². The lowest BCUT2D eigenvalue weighted by Crippen LogP contribution is -2.51. The number of halogens is 1. The molecule has 4 rings (SSSR count). The van der Waals surface area contributed by atoms with E-state index in [0.717, 1.165) is 11.1 Å². The van der Waals surface area contributed by atoms with Crippen molar-refractivity contribution in [3.8, 4) is 5.75 Å². The summed E-state index contributed by atoms with van der Waals surface area (Å²) in [6.07, 6.45) is 0.618. The van der Waals surface area contributed by atoms with Crippen LogP contribution in [0.15, 0.2) is 47.6 Å². The number of ether oxygens (including phenoxy) is 1. The van der Waals surface area contributed by atoms with Crippen LogP contribution in [0.4, 0.5) is 10.1 Å². The fourth-order valence-electron chi connectivity index (χ4n) is 4.05. The Morgan fingerprint density at radius 3 is 2.53 bits per heavy atom. The standard InChI is InChI=1S/C24H27FN4O3/c1-17-5-3-4-6-21(17)29-23(30)10-8-20(26-29)24(31)28-13-11-27(12-14-28)16-18-7-9-22(32-2)19(25)15-18/h3-7,9,15H,8,10-14,16H2,1-2H3. The molecule has 0 aliphatic carbocycles. The molecule has 8 heteroatoms. The lowest BCUT2D eigenvalue weighted by Gasteiger charge is -2.35. The molecule has 1 fully saturated rings. The number of amides is 2. The fourth-order valence-corrected chi connectivity index (χ4v) is 4.05. The SMILES string of the molecule is COc1ccc(CN2CCN(C(=O)C3=NN(c4ccccc4C)C(=O)CC3)CC2)cc1F. The highest BCUT2D eigenvalue weighted by molar-refractivity contribution is 6.40. The average molecular weight is 439 g/mol. The van der Waals surface area contributed by atoms with Gasteiger partial charge >= 0.3 is 0 Å². The number of methoxy groups -OCH3 is 1.